The summed E-state index contributed by atoms with van der Waals surface area (Å²) in [4.78, 5) is 11.3. The highest BCUT2D eigenvalue weighted by Gasteiger charge is 2.12. The van der Waals surface area contributed by atoms with Gasteiger partial charge in [-0.3, -0.25) is 4.79 Å². The molecule has 0 saturated carbocycles. The van der Waals surface area contributed by atoms with Gasteiger partial charge in [-0.25, -0.2) is 0 Å². The maximum atomic E-state index is 12.2. The van der Waals surface area contributed by atoms with Crippen molar-refractivity contribution in [2.75, 3.05) is 0 Å². The molecule has 1 aromatic rings. The molecule has 0 spiro atoms. The van der Waals surface area contributed by atoms with Gasteiger partial charge in [0.2, 0.25) is 0 Å². The van der Waals surface area contributed by atoms with Crippen molar-refractivity contribution in [2.45, 2.75) is 39.5 Å². The molecule has 0 aliphatic carbocycles. The normalized spacial score (nSPS) is 10.2. The summed E-state index contributed by atoms with van der Waals surface area (Å²) in [6.45, 7) is 4.11. The van der Waals surface area contributed by atoms with Gasteiger partial charge in [0.25, 0.3) is 5.91 Å². The average Bonchev–Trinajstić information content (AvgIpc) is 2.34. The summed E-state index contributed by atoms with van der Waals surface area (Å²) in [7, 11) is 0. The zero-order valence-corrected chi connectivity index (χ0v) is 9.85. The van der Waals surface area contributed by atoms with Crippen LogP contribution < -0.4 is 5.54 Å². The van der Waals surface area contributed by atoms with Crippen LogP contribution in [0.25, 0.3) is 0 Å². The Bertz CT molecular complexity index is 363. The van der Waals surface area contributed by atoms with E-state index in [1.54, 1.807) is 6.07 Å². The predicted octanol–water partition coefficient (Wildman–Crippen LogP) is 3.21. The monoisotopic (exact) mass is 223 g/mol. The summed E-state index contributed by atoms with van der Waals surface area (Å²) < 4.78 is 12.2. The molecule has 1 aromatic carbocycles. The standard InChI is InChI=1S/C13H18FNO/c1-3-5-7-10-8-6-9-12(11(10)4-2)13(16)15-14/h6,8-9H,3-5,7H2,1-2H3,(H,15,16). The van der Waals surface area contributed by atoms with Crippen LogP contribution in [0.4, 0.5) is 4.48 Å². The molecule has 0 bridgehead atoms. The van der Waals surface area contributed by atoms with Gasteiger partial charge in [-0.15, -0.1) is 0 Å². The Morgan fingerprint density at radius 3 is 2.69 bits per heavy atom. The van der Waals surface area contributed by atoms with Gasteiger partial charge in [-0.05, 0) is 36.5 Å². The molecule has 0 aromatic heterocycles. The zero-order chi connectivity index (χ0) is 12.0. The van der Waals surface area contributed by atoms with Gasteiger partial charge in [0, 0.05) is 5.56 Å². The fourth-order valence-electron chi connectivity index (χ4n) is 1.92. The van der Waals surface area contributed by atoms with Crippen molar-refractivity contribution in [3.05, 3.63) is 34.9 Å². The van der Waals surface area contributed by atoms with E-state index in [4.69, 9.17) is 0 Å². The van der Waals surface area contributed by atoms with Crippen LogP contribution in [0.5, 0.6) is 0 Å². The molecular formula is C13H18FNO. The Morgan fingerprint density at radius 2 is 2.12 bits per heavy atom. The molecule has 0 heterocycles. The van der Waals surface area contributed by atoms with Crippen LogP contribution >= 0.6 is 0 Å². The van der Waals surface area contributed by atoms with Gasteiger partial charge in [0.15, 0.2) is 0 Å². The van der Waals surface area contributed by atoms with E-state index in [1.807, 2.05) is 19.1 Å². The van der Waals surface area contributed by atoms with Crippen molar-refractivity contribution in [3.63, 3.8) is 0 Å². The lowest BCUT2D eigenvalue weighted by atomic mass is 9.95. The van der Waals surface area contributed by atoms with Crippen molar-refractivity contribution in [1.82, 2.24) is 5.54 Å². The first-order valence-corrected chi connectivity index (χ1v) is 5.76. The summed E-state index contributed by atoms with van der Waals surface area (Å²) in [5, 5.41) is 0. The predicted molar refractivity (Wildman–Crippen MR) is 63.0 cm³/mol. The van der Waals surface area contributed by atoms with E-state index >= 15 is 0 Å². The maximum Gasteiger partial charge on any atom is 0.279 e. The van der Waals surface area contributed by atoms with E-state index in [0.717, 1.165) is 36.8 Å². The lowest BCUT2D eigenvalue weighted by molar-refractivity contribution is 0.0858. The van der Waals surface area contributed by atoms with E-state index in [2.05, 4.69) is 6.92 Å². The smallest absolute Gasteiger partial charge is 0.267 e. The molecule has 2 nitrogen and oxygen atoms in total. The van der Waals surface area contributed by atoms with Crippen LogP contribution in [0.15, 0.2) is 18.2 Å². The number of hydrogen-bond donors (Lipinski definition) is 1. The Labute approximate surface area is 95.8 Å². The van der Waals surface area contributed by atoms with Crippen molar-refractivity contribution in [3.8, 4) is 0 Å². The second-order valence-electron chi connectivity index (χ2n) is 3.82. The first kappa shape index (κ1) is 12.7. The maximum absolute atomic E-state index is 12.2. The first-order chi connectivity index (χ1) is 7.74. The van der Waals surface area contributed by atoms with Gasteiger partial charge < -0.3 is 0 Å². The highest BCUT2D eigenvalue weighted by molar-refractivity contribution is 5.95. The number of carbonyl (C=O) groups excluding carboxylic acids is 1. The first-order valence-electron chi connectivity index (χ1n) is 5.76. The van der Waals surface area contributed by atoms with E-state index in [-0.39, 0.29) is 0 Å². The second kappa shape index (κ2) is 6.26. The van der Waals surface area contributed by atoms with Crippen LogP contribution in [0.1, 0.15) is 48.2 Å². The van der Waals surface area contributed by atoms with E-state index in [0.29, 0.717) is 5.56 Å². The third-order valence-electron chi connectivity index (χ3n) is 2.76. The molecule has 88 valence electrons. The number of carbonyl (C=O) groups is 1. The van der Waals surface area contributed by atoms with Crippen LogP contribution in [-0.2, 0) is 12.8 Å². The van der Waals surface area contributed by atoms with Crippen molar-refractivity contribution in [1.29, 1.82) is 0 Å². The molecule has 1 N–H and O–H groups in total. The molecule has 0 saturated heterocycles. The Balaban J connectivity index is 3.05. The largest absolute Gasteiger partial charge is 0.279 e. The number of rotatable bonds is 5. The van der Waals surface area contributed by atoms with Crippen molar-refractivity contribution in [2.24, 2.45) is 0 Å². The third kappa shape index (κ3) is 2.81. The van der Waals surface area contributed by atoms with Crippen molar-refractivity contribution >= 4 is 5.91 Å². The molecule has 0 unspecified atom stereocenters. The molecule has 0 aliphatic heterocycles. The van der Waals surface area contributed by atoms with Gasteiger partial charge >= 0.3 is 0 Å². The minimum Gasteiger partial charge on any atom is -0.267 e. The molecule has 1 amide bonds. The van der Waals surface area contributed by atoms with Crippen molar-refractivity contribution < 1.29 is 9.28 Å². The number of halogens is 1. The quantitative estimate of drug-likeness (QED) is 0.763. The van der Waals surface area contributed by atoms with Crippen LogP contribution in [-0.4, -0.2) is 5.91 Å². The topological polar surface area (TPSA) is 29.1 Å². The molecule has 0 fully saturated rings. The SMILES string of the molecule is CCCCc1cccc(C(=O)NF)c1CC. The number of unbranched alkanes of at least 4 members (excludes halogenated alkanes) is 1. The molecule has 0 radical (unpaired) electrons. The van der Waals surface area contributed by atoms with Gasteiger partial charge in [0.05, 0.1) is 0 Å². The number of nitrogens with one attached hydrogen (secondary N) is 1. The third-order valence-corrected chi connectivity index (χ3v) is 2.76. The van der Waals surface area contributed by atoms with Gasteiger partial charge in [-0.2, -0.15) is 5.54 Å². The van der Waals surface area contributed by atoms with Gasteiger partial charge in [0.1, 0.15) is 0 Å². The van der Waals surface area contributed by atoms with Crippen LogP contribution in [0.2, 0.25) is 0 Å². The van der Waals surface area contributed by atoms with Crippen LogP contribution in [0, 0.1) is 0 Å². The van der Waals surface area contributed by atoms with E-state index in [9.17, 15) is 9.28 Å². The Kier molecular flexibility index (Phi) is 4.96. The van der Waals surface area contributed by atoms with Crippen LogP contribution in [0.3, 0.4) is 0 Å². The average molecular weight is 223 g/mol. The zero-order valence-electron chi connectivity index (χ0n) is 9.85. The summed E-state index contributed by atoms with van der Waals surface area (Å²) in [6, 6.07) is 5.50. The molecular weight excluding hydrogens is 205 g/mol. The number of aryl methyl sites for hydroxylation is 1. The Morgan fingerprint density at radius 1 is 1.38 bits per heavy atom. The second-order valence-corrected chi connectivity index (χ2v) is 3.82. The summed E-state index contributed by atoms with van der Waals surface area (Å²) in [6.07, 6.45) is 3.91. The van der Waals surface area contributed by atoms with Gasteiger partial charge in [-0.1, -0.05) is 36.9 Å². The fourth-order valence-corrected chi connectivity index (χ4v) is 1.92. The number of benzene rings is 1. The lowest BCUT2D eigenvalue weighted by Crippen LogP contribution is -2.16. The number of amides is 1. The highest BCUT2D eigenvalue weighted by Crippen LogP contribution is 2.18. The summed E-state index contributed by atoms with van der Waals surface area (Å²) in [5.74, 6) is -0.643. The minimum absolute atomic E-state index is 0.457. The summed E-state index contributed by atoms with van der Waals surface area (Å²) >= 11 is 0. The minimum atomic E-state index is -0.643. The molecule has 3 heteroatoms. The molecule has 0 atom stereocenters. The van der Waals surface area contributed by atoms with E-state index < -0.39 is 5.91 Å². The lowest BCUT2D eigenvalue weighted by Gasteiger charge is -2.11. The molecule has 1 rings (SSSR count). The number of hydrogen-bond acceptors (Lipinski definition) is 1. The fraction of sp³-hybridized carbons (Fsp3) is 0.462. The molecule has 16 heavy (non-hydrogen) atoms. The molecule has 0 aliphatic rings. The summed E-state index contributed by atoms with van der Waals surface area (Å²) in [5.41, 5.74) is 3.78. The highest BCUT2D eigenvalue weighted by atomic mass is 19.2. The van der Waals surface area contributed by atoms with E-state index in [1.165, 1.54) is 5.54 Å². The Hall–Kier alpha value is -1.38.